The highest BCUT2D eigenvalue weighted by atomic mass is 16.5. The Bertz CT molecular complexity index is 1050. The highest BCUT2D eigenvalue weighted by Gasteiger charge is 2.40. The monoisotopic (exact) mass is 406 g/mol. The zero-order valence-corrected chi connectivity index (χ0v) is 17.0. The number of allylic oxidation sites excluding steroid dienone is 1. The molecular weight excluding hydrogens is 384 g/mol. The van der Waals surface area contributed by atoms with Gasteiger partial charge in [-0.05, 0) is 13.0 Å². The van der Waals surface area contributed by atoms with Crippen LogP contribution in [0.3, 0.4) is 0 Å². The summed E-state index contributed by atoms with van der Waals surface area (Å²) < 4.78 is 22.1. The number of ether oxygens (including phenoxy) is 4. The lowest BCUT2D eigenvalue weighted by Gasteiger charge is -2.29. The molecule has 1 aliphatic heterocycles. The van der Waals surface area contributed by atoms with Crippen molar-refractivity contribution in [2.24, 2.45) is 5.73 Å². The van der Waals surface area contributed by atoms with Gasteiger partial charge >= 0.3 is 5.97 Å². The van der Waals surface area contributed by atoms with Crippen molar-refractivity contribution in [3.05, 3.63) is 76.7 Å². The Labute approximate surface area is 174 Å². The smallest absolute Gasteiger partial charge is 0.338 e. The second kappa shape index (κ2) is 9.05. The first-order valence-electron chi connectivity index (χ1n) is 9.32. The van der Waals surface area contributed by atoms with Gasteiger partial charge in [0, 0.05) is 11.1 Å². The van der Waals surface area contributed by atoms with E-state index in [-0.39, 0.29) is 29.4 Å². The van der Waals surface area contributed by atoms with Gasteiger partial charge in [-0.15, -0.1) is 0 Å². The molecule has 2 aromatic rings. The molecule has 2 N–H and O–H groups in total. The number of rotatable bonds is 6. The average Bonchev–Trinajstić information content (AvgIpc) is 2.78. The topological polar surface area (TPSA) is 104 Å². The van der Waals surface area contributed by atoms with E-state index < -0.39 is 11.9 Å². The molecule has 1 aliphatic rings. The molecule has 0 saturated heterocycles. The second-order valence-corrected chi connectivity index (χ2v) is 6.34. The maximum atomic E-state index is 13.1. The molecule has 0 radical (unpaired) electrons. The lowest BCUT2D eigenvalue weighted by atomic mass is 9.81. The van der Waals surface area contributed by atoms with E-state index in [9.17, 15) is 10.1 Å². The minimum Gasteiger partial charge on any atom is -0.493 e. The summed E-state index contributed by atoms with van der Waals surface area (Å²) in [5.41, 5.74) is 7.54. The molecule has 1 heterocycles. The number of esters is 1. The molecule has 0 aliphatic carbocycles. The van der Waals surface area contributed by atoms with E-state index in [2.05, 4.69) is 6.07 Å². The number of para-hydroxylation sites is 1. The predicted molar refractivity (Wildman–Crippen MR) is 110 cm³/mol. The molecule has 0 fully saturated rings. The lowest BCUT2D eigenvalue weighted by molar-refractivity contribution is -0.138. The van der Waals surface area contributed by atoms with Gasteiger partial charge in [-0.2, -0.15) is 5.26 Å². The van der Waals surface area contributed by atoms with Crippen LogP contribution in [0.5, 0.6) is 11.5 Å². The van der Waals surface area contributed by atoms with Crippen molar-refractivity contribution in [2.75, 3.05) is 20.8 Å². The van der Waals surface area contributed by atoms with Crippen LogP contribution in [0.25, 0.3) is 5.76 Å². The number of hydrogen-bond donors (Lipinski definition) is 1. The summed E-state index contributed by atoms with van der Waals surface area (Å²) in [6.45, 7) is 1.87. The number of hydrogen-bond acceptors (Lipinski definition) is 7. The molecule has 7 nitrogen and oxygen atoms in total. The Kier molecular flexibility index (Phi) is 6.28. The summed E-state index contributed by atoms with van der Waals surface area (Å²) >= 11 is 0. The molecule has 7 heteroatoms. The van der Waals surface area contributed by atoms with E-state index in [4.69, 9.17) is 24.7 Å². The zero-order chi connectivity index (χ0) is 21.7. The van der Waals surface area contributed by atoms with Gasteiger partial charge < -0.3 is 24.7 Å². The number of nitrogens with two attached hydrogens (primary N) is 1. The Morgan fingerprint density at radius 2 is 1.87 bits per heavy atom. The van der Waals surface area contributed by atoms with Gasteiger partial charge in [-0.3, -0.25) is 0 Å². The van der Waals surface area contributed by atoms with Gasteiger partial charge in [-0.25, -0.2) is 4.79 Å². The predicted octanol–water partition coefficient (Wildman–Crippen LogP) is 3.49. The Morgan fingerprint density at radius 3 is 2.47 bits per heavy atom. The largest absolute Gasteiger partial charge is 0.493 e. The van der Waals surface area contributed by atoms with Crippen LogP contribution < -0.4 is 15.2 Å². The van der Waals surface area contributed by atoms with Crippen LogP contribution in [0.2, 0.25) is 0 Å². The van der Waals surface area contributed by atoms with E-state index in [0.29, 0.717) is 22.6 Å². The number of benzene rings is 2. The first-order chi connectivity index (χ1) is 14.6. The van der Waals surface area contributed by atoms with Gasteiger partial charge in [0.1, 0.15) is 17.4 Å². The molecule has 0 bridgehead atoms. The van der Waals surface area contributed by atoms with Crippen molar-refractivity contribution >= 4 is 11.7 Å². The van der Waals surface area contributed by atoms with Crippen LogP contribution in [-0.2, 0) is 14.3 Å². The lowest BCUT2D eigenvalue weighted by Crippen LogP contribution is -2.26. The van der Waals surface area contributed by atoms with E-state index in [1.165, 1.54) is 14.2 Å². The molecule has 0 aromatic heterocycles. The normalized spacial score (nSPS) is 15.9. The van der Waals surface area contributed by atoms with Crippen LogP contribution in [0, 0.1) is 11.3 Å². The van der Waals surface area contributed by atoms with E-state index >= 15 is 0 Å². The molecule has 30 heavy (non-hydrogen) atoms. The van der Waals surface area contributed by atoms with E-state index in [0.717, 1.165) is 0 Å². The van der Waals surface area contributed by atoms with Crippen LogP contribution in [0.4, 0.5) is 0 Å². The molecular formula is C23H22N2O5. The summed E-state index contributed by atoms with van der Waals surface area (Å²) in [7, 11) is 3.00. The van der Waals surface area contributed by atoms with Gasteiger partial charge in [0.25, 0.3) is 0 Å². The van der Waals surface area contributed by atoms with Gasteiger partial charge in [0.15, 0.2) is 11.5 Å². The third-order valence-corrected chi connectivity index (χ3v) is 4.70. The van der Waals surface area contributed by atoms with Crippen molar-refractivity contribution in [1.29, 1.82) is 5.26 Å². The third kappa shape index (κ3) is 3.67. The molecule has 0 saturated carbocycles. The number of nitrogens with zero attached hydrogens (tertiary/aromatic N) is 1. The quantitative estimate of drug-likeness (QED) is 0.732. The first-order valence-corrected chi connectivity index (χ1v) is 9.32. The molecule has 3 rings (SSSR count). The van der Waals surface area contributed by atoms with Crippen molar-refractivity contribution in [3.8, 4) is 17.6 Å². The summed E-state index contributed by atoms with van der Waals surface area (Å²) in [6.07, 6.45) is 0. The number of nitriles is 1. The van der Waals surface area contributed by atoms with Gasteiger partial charge in [0.05, 0.1) is 32.3 Å². The number of carbonyl (C=O) groups excluding carboxylic acids is 1. The van der Waals surface area contributed by atoms with Gasteiger partial charge in [-0.1, -0.05) is 42.5 Å². The standard InChI is InChI=1S/C23H22N2O5/c1-4-29-23(26)19-18(15-11-8-12-17(27-2)21(15)28-3)16(13-24)22(25)30-20(19)14-9-6-5-7-10-14/h5-12,18H,4,25H2,1-3H3. The highest BCUT2D eigenvalue weighted by molar-refractivity contribution is 6.00. The maximum absolute atomic E-state index is 13.1. The summed E-state index contributed by atoms with van der Waals surface area (Å²) in [5, 5.41) is 9.85. The van der Waals surface area contributed by atoms with Crippen LogP contribution in [0.1, 0.15) is 24.0 Å². The summed E-state index contributed by atoms with van der Waals surface area (Å²) in [6, 6.07) is 16.4. The third-order valence-electron chi connectivity index (χ3n) is 4.70. The zero-order valence-electron chi connectivity index (χ0n) is 17.0. The molecule has 154 valence electrons. The fourth-order valence-corrected chi connectivity index (χ4v) is 3.43. The Morgan fingerprint density at radius 1 is 1.13 bits per heavy atom. The maximum Gasteiger partial charge on any atom is 0.338 e. The molecule has 1 unspecified atom stereocenters. The minimum atomic E-state index is -0.858. The molecule has 0 amide bonds. The number of methoxy groups -OCH3 is 2. The van der Waals surface area contributed by atoms with Crippen LogP contribution >= 0.6 is 0 Å². The SMILES string of the molecule is CCOC(=O)C1=C(c2ccccc2)OC(N)=C(C#N)C1c1cccc(OC)c1OC. The van der Waals surface area contributed by atoms with E-state index in [1.807, 2.05) is 18.2 Å². The summed E-state index contributed by atoms with van der Waals surface area (Å²) in [4.78, 5) is 13.1. The molecule has 0 spiro atoms. The summed E-state index contributed by atoms with van der Waals surface area (Å²) in [5.74, 6) is -0.460. The van der Waals surface area contributed by atoms with Gasteiger partial charge in [0.2, 0.25) is 5.88 Å². The fraction of sp³-hybridized carbons (Fsp3) is 0.217. The van der Waals surface area contributed by atoms with Crippen molar-refractivity contribution in [2.45, 2.75) is 12.8 Å². The van der Waals surface area contributed by atoms with Crippen LogP contribution in [0.15, 0.2) is 65.6 Å². The van der Waals surface area contributed by atoms with Crippen LogP contribution in [-0.4, -0.2) is 26.8 Å². The minimum absolute atomic E-state index is 0.0840. The van der Waals surface area contributed by atoms with Crippen molar-refractivity contribution in [1.82, 2.24) is 0 Å². The van der Waals surface area contributed by atoms with Crippen molar-refractivity contribution in [3.63, 3.8) is 0 Å². The second-order valence-electron chi connectivity index (χ2n) is 6.34. The average molecular weight is 406 g/mol. The number of carbonyl (C=O) groups is 1. The first kappa shape index (κ1) is 20.8. The Hall–Kier alpha value is -3.92. The van der Waals surface area contributed by atoms with Crippen molar-refractivity contribution < 1.29 is 23.7 Å². The molecule has 1 atom stereocenters. The Balaban J connectivity index is 2.35. The van der Waals surface area contributed by atoms with E-state index in [1.54, 1.807) is 37.3 Å². The fourth-order valence-electron chi connectivity index (χ4n) is 3.43. The molecule has 2 aromatic carbocycles. The highest BCUT2D eigenvalue weighted by Crippen LogP contribution is 2.47.